The average molecular weight is 392 g/mol. The molecular weight excluding hydrogens is 368 g/mol. The molecule has 150 valence electrons. The number of aryl methyl sites for hydroxylation is 2. The summed E-state index contributed by atoms with van der Waals surface area (Å²) < 4.78 is 5.23. The van der Waals surface area contributed by atoms with E-state index in [0.717, 1.165) is 23.2 Å². The standard InChI is InChI=1S/C22H24N4O3/c1-2-16-9-6-7-12-18(16)24-20(28)15-23-19(27)13-8-14-21-25-22(26-29-21)17-10-4-3-5-11-17/h3-7,9-12H,2,8,13-15H2,1H3,(H,23,27)(H,24,28). The fraction of sp³-hybridized carbons (Fsp3) is 0.273. The average Bonchev–Trinajstić information content (AvgIpc) is 3.22. The van der Waals surface area contributed by atoms with Crippen molar-refractivity contribution in [2.75, 3.05) is 11.9 Å². The van der Waals surface area contributed by atoms with E-state index in [2.05, 4.69) is 20.8 Å². The normalized spacial score (nSPS) is 10.5. The van der Waals surface area contributed by atoms with Gasteiger partial charge >= 0.3 is 0 Å². The van der Waals surface area contributed by atoms with Crippen molar-refractivity contribution >= 4 is 17.5 Å². The largest absolute Gasteiger partial charge is 0.347 e. The SMILES string of the molecule is CCc1ccccc1NC(=O)CNC(=O)CCCc1nc(-c2ccccc2)no1. The summed E-state index contributed by atoms with van der Waals surface area (Å²) in [6.45, 7) is 1.97. The molecule has 0 saturated carbocycles. The monoisotopic (exact) mass is 392 g/mol. The van der Waals surface area contributed by atoms with E-state index in [1.54, 1.807) is 0 Å². The molecule has 0 atom stereocenters. The summed E-state index contributed by atoms with van der Waals surface area (Å²) in [5, 5.41) is 9.43. The number of carbonyl (C=O) groups is 2. The molecule has 0 fully saturated rings. The first-order chi connectivity index (χ1) is 14.2. The number of hydrogen-bond donors (Lipinski definition) is 2. The highest BCUT2D eigenvalue weighted by atomic mass is 16.5. The fourth-order valence-corrected chi connectivity index (χ4v) is 2.87. The Morgan fingerprint density at radius 1 is 1.00 bits per heavy atom. The predicted octanol–water partition coefficient (Wildman–Crippen LogP) is 3.38. The lowest BCUT2D eigenvalue weighted by atomic mass is 10.1. The Bertz CT molecular complexity index is 953. The van der Waals surface area contributed by atoms with Gasteiger partial charge in [-0.1, -0.05) is 60.6 Å². The van der Waals surface area contributed by atoms with Crippen molar-refractivity contribution in [2.45, 2.75) is 32.6 Å². The molecule has 7 heteroatoms. The Labute approximate surface area is 169 Å². The van der Waals surface area contributed by atoms with Crippen LogP contribution in [0.4, 0.5) is 5.69 Å². The van der Waals surface area contributed by atoms with Gasteiger partial charge < -0.3 is 15.2 Å². The fourth-order valence-electron chi connectivity index (χ4n) is 2.87. The molecule has 0 spiro atoms. The second-order valence-corrected chi connectivity index (χ2v) is 6.57. The van der Waals surface area contributed by atoms with Crippen LogP contribution in [0, 0.1) is 0 Å². The van der Waals surface area contributed by atoms with Crippen molar-refractivity contribution in [2.24, 2.45) is 0 Å². The molecule has 0 saturated heterocycles. The molecule has 2 aromatic carbocycles. The van der Waals surface area contributed by atoms with Crippen molar-refractivity contribution in [3.8, 4) is 11.4 Å². The molecule has 0 aliphatic carbocycles. The zero-order valence-electron chi connectivity index (χ0n) is 16.4. The molecule has 3 rings (SSSR count). The van der Waals surface area contributed by atoms with Crippen molar-refractivity contribution in [1.29, 1.82) is 0 Å². The van der Waals surface area contributed by atoms with Crippen LogP contribution in [0.1, 0.15) is 31.2 Å². The van der Waals surface area contributed by atoms with Crippen LogP contribution >= 0.6 is 0 Å². The quantitative estimate of drug-likeness (QED) is 0.582. The Morgan fingerprint density at radius 3 is 2.55 bits per heavy atom. The number of anilines is 1. The Hall–Kier alpha value is -3.48. The zero-order chi connectivity index (χ0) is 20.5. The van der Waals surface area contributed by atoms with Gasteiger partial charge in [-0.05, 0) is 24.5 Å². The molecule has 0 bridgehead atoms. The molecule has 0 aliphatic rings. The van der Waals surface area contributed by atoms with Crippen molar-refractivity contribution in [3.05, 3.63) is 66.1 Å². The van der Waals surface area contributed by atoms with E-state index in [1.807, 2.05) is 61.5 Å². The highest BCUT2D eigenvalue weighted by Crippen LogP contribution is 2.16. The van der Waals surface area contributed by atoms with Crippen LogP contribution in [0.25, 0.3) is 11.4 Å². The minimum Gasteiger partial charge on any atom is -0.347 e. The third-order valence-corrected chi connectivity index (χ3v) is 4.41. The second kappa shape index (κ2) is 10.2. The van der Waals surface area contributed by atoms with Crippen molar-refractivity contribution in [1.82, 2.24) is 15.5 Å². The van der Waals surface area contributed by atoms with Gasteiger partial charge in [0.1, 0.15) is 0 Å². The Morgan fingerprint density at radius 2 is 1.76 bits per heavy atom. The highest BCUT2D eigenvalue weighted by molar-refractivity contribution is 5.95. The van der Waals surface area contributed by atoms with Crippen LogP contribution in [0.15, 0.2) is 59.1 Å². The van der Waals surface area contributed by atoms with Crippen molar-refractivity contribution in [3.63, 3.8) is 0 Å². The number of benzene rings is 2. The van der Waals surface area contributed by atoms with E-state index in [4.69, 9.17) is 4.52 Å². The van der Waals surface area contributed by atoms with Gasteiger partial charge in [0.05, 0.1) is 6.54 Å². The maximum atomic E-state index is 12.1. The van der Waals surface area contributed by atoms with Crippen LogP contribution in [0.2, 0.25) is 0 Å². The molecule has 29 heavy (non-hydrogen) atoms. The van der Waals surface area contributed by atoms with Gasteiger partial charge in [0.25, 0.3) is 0 Å². The number of nitrogens with zero attached hydrogens (tertiary/aromatic N) is 2. The summed E-state index contributed by atoms with van der Waals surface area (Å²) in [6.07, 6.45) is 2.16. The van der Waals surface area contributed by atoms with Gasteiger partial charge in [0.15, 0.2) is 0 Å². The lowest BCUT2D eigenvalue weighted by molar-refractivity contribution is -0.124. The molecule has 2 N–H and O–H groups in total. The summed E-state index contributed by atoms with van der Waals surface area (Å²) in [5.41, 5.74) is 2.72. The van der Waals surface area contributed by atoms with E-state index >= 15 is 0 Å². The minimum atomic E-state index is -0.247. The maximum Gasteiger partial charge on any atom is 0.243 e. The Balaban J connectivity index is 1.38. The summed E-state index contributed by atoms with van der Waals surface area (Å²) >= 11 is 0. The first-order valence-electron chi connectivity index (χ1n) is 9.68. The number of rotatable bonds is 9. The minimum absolute atomic E-state index is 0.0599. The summed E-state index contributed by atoms with van der Waals surface area (Å²) in [5.74, 6) is 0.593. The van der Waals surface area contributed by atoms with E-state index < -0.39 is 0 Å². The van der Waals surface area contributed by atoms with E-state index in [9.17, 15) is 9.59 Å². The molecule has 2 amide bonds. The number of amides is 2. The first-order valence-corrected chi connectivity index (χ1v) is 9.68. The van der Waals surface area contributed by atoms with Gasteiger partial charge in [-0.2, -0.15) is 4.98 Å². The van der Waals surface area contributed by atoms with Crippen LogP contribution in [-0.2, 0) is 22.4 Å². The number of para-hydroxylation sites is 1. The van der Waals surface area contributed by atoms with Crippen LogP contribution in [-0.4, -0.2) is 28.5 Å². The second-order valence-electron chi connectivity index (χ2n) is 6.57. The lowest BCUT2D eigenvalue weighted by Crippen LogP contribution is -2.32. The molecule has 1 aromatic heterocycles. The Kier molecular flexibility index (Phi) is 7.10. The molecule has 0 radical (unpaired) electrons. The molecule has 3 aromatic rings. The van der Waals surface area contributed by atoms with Gasteiger partial charge in [-0.25, -0.2) is 0 Å². The zero-order valence-corrected chi connectivity index (χ0v) is 16.4. The van der Waals surface area contributed by atoms with Gasteiger partial charge in [0, 0.05) is 24.1 Å². The molecule has 1 heterocycles. The van der Waals surface area contributed by atoms with Gasteiger partial charge in [0.2, 0.25) is 23.5 Å². The third kappa shape index (κ3) is 6.00. The van der Waals surface area contributed by atoms with E-state index in [-0.39, 0.29) is 24.8 Å². The van der Waals surface area contributed by atoms with Crippen LogP contribution in [0.3, 0.4) is 0 Å². The summed E-state index contributed by atoms with van der Waals surface area (Å²) in [7, 11) is 0. The first kappa shape index (κ1) is 20.3. The van der Waals surface area contributed by atoms with Gasteiger partial charge in [-0.3, -0.25) is 9.59 Å². The predicted molar refractivity (Wildman–Crippen MR) is 110 cm³/mol. The molecular formula is C22H24N4O3. The number of nitrogens with one attached hydrogen (secondary N) is 2. The maximum absolute atomic E-state index is 12.1. The lowest BCUT2D eigenvalue weighted by Gasteiger charge is -2.10. The molecule has 7 nitrogen and oxygen atoms in total. The number of hydrogen-bond acceptors (Lipinski definition) is 5. The number of carbonyl (C=O) groups excluding carboxylic acids is 2. The van der Waals surface area contributed by atoms with E-state index in [0.29, 0.717) is 24.6 Å². The summed E-state index contributed by atoms with van der Waals surface area (Å²) in [4.78, 5) is 28.4. The summed E-state index contributed by atoms with van der Waals surface area (Å²) in [6, 6.07) is 17.2. The molecule has 0 aliphatic heterocycles. The van der Waals surface area contributed by atoms with Crippen molar-refractivity contribution < 1.29 is 14.1 Å². The van der Waals surface area contributed by atoms with Crippen LogP contribution in [0.5, 0.6) is 0 Å². The van der Waals surface area contributed by atoms with Crippen LogP contribution < -0.4 is 10.6 Å². The van der Waals surface area contributed by atoms with E-state index in [1.165, 1.54) is 0 Å². The number of aromatic nitrogens is 2. The van der Waals surface area contributed by atoms with Gasteiger partial charge in [-0.15, -0.1) is 0 Å². The molecule has 0 unspecified atom stereocenters. The highest BCUT2D eigenvalue weighted by Gasteiger charge is 2.11. The third-order valence-electron chi connectivity index (χ3n) is 4.41. The smallest absolute Gasteiger partial charge is 0.243 e. The topological polar surface area (TPSA) is 97.1 Å².